The summed E-state index contributed by atoms with van der Waals surface area (Å²) in [5, 5.41) is 0. The average molecular weight is 1080 g/mol. The predicted octanol–water partition coefficient (Wildman–Crippen LogP) is 23.1. The first-order valence-electron chi connectivity index (χ1n) is 33.8. The summed E-state index contributed by atoms with van der Waals surface area (Å²) in [6.07, 6.45) is 84.1. The van der Waals surface area contributed by atoms with E-state index in [1.807, 2.05) is 0 Å². The first kappa shape index (κ1) is 74.1. The van der Waals surface area contributed by atoms with E-state index in [0.717, 1.165) is 83.5 Å². The Kier molecular flexibility index (Phi) is 63.2. The Bertz CT molecular complexity index is 1380. The van der Waals surface area contributed by atoms with Crippen LogP contribution >= 0.6 is 0 Å². The standard InChI is InChI=1S/C71H128O6/c1-4-7-10-13-16-19-21-23-25-27-29-30-31-32-33-34-35-36-37-38-39-40-41-42-43-45-46-48-50-52-55-58-61-64-70(73)76-67-68(66-75-69(72)63-60-57-54-18-15-12-9-6-3)77-71(74)65-62-59-56-53-51-49-47-44-28-26-24-22-20-17-14-11-8-5-2/h20-23,26-29,31-32,68H,4-19,24-25,30,33-67H2,1-3H3/b22-20-,23-21-,28-26-,29-27-,32-31-. The molecular formula is C71H128O6. The number of rotatable bonds is 62. The number of unbranched alkanes of at least 4 members (excludes halogenated alkanes) is 41. The van der Waals surface area contributed by atoms with Crippen LogP contribution in [-0.4, -0.2) is 37.2 Å². The van der Waals surface area contributed by atoms with Gasteiger partial charge in [0.15, 0.2) is 6.10 Å². The Morgan fingerprint density at radius 1 is 0.260 bits per heavy atom. The normalized spacial score (nSPS) is 12.4. The Hall–Kier alpha value is -2.89. The summed E-state index contributed by atoms with van der Waals surface area (Å²) < 4.78 is 16.9. The lowest BCUT2D eigenvalue weighted by atomic mass is 10.0. The van der Waals surface area contributed by atoms with E-state index in [2.05, 4.69) is 81.5 Å². The third kappa shape index (κ3) is 63.8. The van der Waals surface area contributed by atoms with Crippen LogP contribution in [0.2, 0.25) is 0 Å². The fourth-order valence-corrected chi connectivity index (χ4v) is 9.89. The smallest absolute Gasteiger partial charge is 0.306 e. The Labute approximate surface area is 479 Å². The lowest BCUT2D eigenvalue weighted by Gasteiger charge is -2.18. The van der Waals surface area contributed by atoms with Gasteiger partial charge in [0.05, 0.1) is 0 Å². The van der Waals surface area contributed by atoms with Crippen LogP contribution in [0.4, 0.5) is 0 Å². The average Bonchev–Trinajstić information content (AvgIpc) is 3.43. The summed E-state index contributed by atoms with van der Waals surface area (Å²) in [6.45, 7) is 6.62. The summed E-state index contributed by atoms with van der Waals surface area (Å²) >= 11 is 0. The van der Waals surface area contributed by atoms with E-state index in [1.54, 1.807) is 0 Å². The minimum Gasteiger partial charge on any atom is -0.462 e. The molecule has 6 nitrogen and oxygen atoms in total. The highest BCUT2D eigenvalue weighted by molar-refractivity contribution is 5.71. The number of hydrogen-bond acceptors (Lipinski definition) is 6. The zero-order valence-electron chi connectivity index (χ0n) is 51.5. The fourth-order valence-electron chi connectivity index (χ4n) is 9.89. The zero-order valence-corrected chi connectivity index (χ0v) is 51.5. The van der Waals surface area contributed by atoms with Crippen LogP contribution in [0.5, 0.6) is 0 Å². The minimum atomic E-state index is -0.774. The molecular weight excluding hydrogens is 949 g/mol. The maximum absolute atomic E-state index is 12.9. The highest BCUT2D eigenvalue weighted by Crippen LogP contribution is 2.17. The number of carbonyl (C=O) groups excluding carboxylic acids is 3. The molecule has 0 aromatic heterocycles. The summed E-state index contributed by atoms with van der Waals surface area (Å²) in [4.78, 5) is 38.1. The van der Waals surface area contributed by atoms with E-state index in [0.29, 0.717) is 19.3 Å². The molecule has 0 aromatic rings. The van der Waals surface area contributed by atoms with Crippen LogP contribution in [0.25, 0.3) is 0 Å². The quantitative estimate of drug-likeness (QED) is 0.0261. The van der Waals surface area contributed by atoms with E-state index < -0.39 is 6.10 Å². The summed E-state index contributed by atoms with van der Waals surface area (Å²) in [5.41, 5.74) is 0. The van der Waals surface area contributed by atoms with Crippen molar-refractivity contribution in [2.45, 2.75) is 361 Å². The number of esters is 3. The first-order valence-corrected chi connectivity index (χ1v) is 33.8. The third-order valence-electron chi connectivity index (χ3n) is 15.0. The van der Waals surface area contributed by atoms with Crippen LogP contribution in [0.15, 0.2) is 60.8 Å². The molecule has 0 radical (unpaired) electrons. The van der Waals surface area contributed by atoms with E-state index >= 15 is 0 Å². The third-order valence-corrected chi connectivity index (χ3v) is 15.0. The topological polar surface area (TPSA) is 78.9 Å². The second kappa shape index (κ2) is 65.6. The van der Waals surface area contributed by atoms with Gasteiger partial charge in [0.1, 0.15) is 13.2 Å². The van der Waals surface area contributed by atoms with Crippen molar-refractivity contribution in [1.82, 2.24) is 0 Å². The highest BCUT2D eigenvalue weighted by Gasteiger charge is 2.19. The molecule has 448 valence electrons. The molecule has 0 aliphatic carbocycles. The van der Waals surface area contributed by atoms with Gasteiger partial charge in [-0.25, -0.2) is 0 Å². The molecule has 0 aliphatic heterocycles. The monoisotopic (exact) mass is 1080 g/mol. The Morgan fingerprint density at radius 2 is 0.468 bits per heavy atom. The van der Waals surface area contributed by atoms with Gasteiger partial charge in [0.2, 0.25) is 0 Å². The number of allylic oxidation sites excluding steroid dienone is 10. The number of carbonyl (C=O) groups is 3. The Balaban J connectivity index is 4.04. The van der Waals surface area contributed by atoms with Gasteiger partial charge in [-0.3, -0.25) is 14.4 Å². The lowest BCUT2D eigenvalue weighted by Crippen LogP contribution is -2.30. The van der Waals surface area contributed by atoms with Gasteiger partial charge < -0.3 is 14.2 Å². The van der Waals surface area contributed by atoms with Crippen molar-refractivity contribution in [2.24, 2.45) is 0 Å². The van der Waals surface area contributed by atoms with Crippen molar-refractivity contribution in [3.05, 3.63) is 60.8 Å². The molecule has 0 aliphatic rings. The van der Waals surface area contributed by atoms with Crippen molar-refractivity contribution in [1.29, 1.82) is 0 Å². The van der Waals surface area contributed by atoms with Gasteiger partial charge in [-0.1, -0.05) is 306 Å². The molecule has 0 saturated carbocycles. The van der Waals surface area contributed by atoms with Gasteiger partial charge in [0.25, 0.3) is 0 Å². The molecule has 0 amide bonds. The molecule has 77 heavy (non-hydrogen) atoms. The van der Waals surface area contributed by atoms with Crippen LogP contribution in [-0.2, 0) is 28.6 Å². The first-order chi connectivity index (χ1) is 38.0. The predicted molar refractivity (Wildman–Crippen MR) is 335 cm³/mol. The fraction of sp³-hybridized carbons (Fsp3) is 0.817. The molecule has 0 aromatic carbocycles. The van der Waals surface area contributed by atoms with Crippen molar-refractivity contribution in [3.8, 4) is 0 Å². The summed E-state index contributed by atoms with van der Waals surface area (Å²) in [6, 6.07) is 0. The van der Waals surface area contributed by atoms with E-state index in [4.69, 9.17) is 14.2 Å². The maximum atomic E-state index is 12.9. The van der Waals surface area contributed by atoms with Gasteiger partial charge in [-0.2, -0.15) is 0 Å². The molecule has 0 heterocycles. The number of ether oxygens (including phenoxy) is 3. The van der Waals surface area contributed by atoms with Crippen molar-refractivity contribution in [2.75, 3.05) is 13.2 Å². The zero-order chi connectivity index (χ0) is 55.7. The second-order valence-corrected chi connectivity index (χ2v) is 22.7. The lowest BCUT2D eigenvalue weighted by molar-refractivity contribution is -0.167. The summed E-state index contributed by atoms with van der Waals surface area (Å²) in [7, 11) is 0. The van der Waals surface area contributed by atoms with Crippen LogP contribution in [0.1, 0.15) is 355 Å². The Morgan fingerprint density at radius 3 is 0.740 bits per heavy atom. The molecule has 0 fully saturated rings. The summed E-state index contributed by atoms with van der Waals surface area (Å²) in [5.74, 6) is -0.868. The second-order valence-electron chi connectivity index (χ2n) is 22.7. The highest BCUT2D eigenvalue weighted by atomic mass is 16.6. The number of hydrogen-bond donors (Lipinski definition) is 0. The maximum Gasteiger partial charge on any atom is 0.306 e. The largest absolute Gasteiger partial charge is 0.462 e. The van der Waals surface area contributed by atoms with E-state index in [-0.39, 0.29) is 31.1 Å². The molecule has 1 unspecified atom stereocenters. The van der Waals surface area contributed by atoms with E-state index in [1.165, 1.54) is 231 Å². The molecule has 0 bridgehead atoms. The van der Waals surface area contributed by atoms with Crippen LogP contribution in [0, 0.1) is 0 Å². The van der Waals surface area contributed by atoms with Crippen LogP contribution < -0.4 is 0 Å². The van der Waals surface area contributed by atoms with Crippen LogP contribution in [0.3, 0.4) is 0 Å². The molecule has 0 saturated heterocycles. The van der Waals surface area contributed by atoms with Gasteiger partial charge in [0, 0.05) is 19.3 Å². The molecule has 1 atom stereocenters. The SMILES string of the molecule is CCCCCC/C=C\C/C=C\CCCCCCCCCC(=O)OC(COC(=O)CCCCCCCCCC)COC(=O)CCCCCCCCCCCCCCCCCCCC/C=C\C/C=C\C/C=C\CCCCCCC. The minimum absolute atomic E-state index is 0.0732. The molecule has 0 spiro atoms. The van der Waals surface area contributed by atoms with Crippen molar-refractivity contribution in [3.63, 3.8) is 0 Å². The van der Waals surface area contributed by atoms with Crippen molar-refractivity contribution < 1.29 is 28.6 Å². The van der Waals surface area contributed by atoms with Gasteiger partial charge >= 0.3 is 17.9 Å². The van der Waals surface area contributed by atoms with E-state index in [9.17, 15) is 14.4 Å². The molecule has 6 heteroatoms. The molecule has 0 N–H and O–H groups in total. The van der Waals surface area contributed by atoms with Gasteiger partial charge in [-0.15, -0.1) is 0 Å². The molecule has 0 rings (SSSR count). The van der Waals surface area contributed by atoms with Gasteiger partial charge in [-0.05, 0) is 89.9 Å². The van der Waals surface area contributed by atoms with Crippen molar-refractivity contribution >= 4 is 17.9 Å².